The van der Waals surface area contributed by atoms with Gasteiger partial charge in [-0.15, -0.1) is 0 Å². The Bertz CT molecular complexity index is 570. The summed E-state index contributed by atoms with van der Waals surface area (Å²) in [4.78, 5) is 4.11. The molecule has 0 fully saturated rings. The lowest BCUT2D eigenvalue weighted by molar-refractivity contribution is 0.524. The fraction of sp³-hybridized carbons (Fsp3) is 0.231. The van der Waals surface area contributed by atoms with Gasteiger partial charge in [-0.1, -0.05) is 12.1 Å². The van der Waals surface area contributed by atoms with E-state index in [1.807, 2.05) is 36.6 Å². The van der Waals surface area contributed by atoms with Crippen LogP contribution in [-0.2, 0) is 5.54 Å². The normalized spacial score (nSPS) is 11.2. The molecule has 0 amide bonds. The second-order valence-electron chi connectivity index (χ2n) is 4.50. The van der Waals surface area contributed by atoms with Crippen molar-refractivity contribution in [1.29, 1.82) is 5.26 Å². The summed E-state index contributed by atoms with van der Waals surface area (Å²) in [6.07, 6.45) is 3.41. The number of benzene rings is 1. The zero-order valence-corrected chi connectivity index (χ0v) is 9.88. The van der Waals surface area contributed by atoms with Gasteiger partial charge in [0, 0.05) is 0 Å². The van der Waals surface area contributed by atoms with Crippen LogP contribution in [0.15, 0.2) is 36.8 Å². The molecule has 17 heavy (non-hydrogen) atoms. The Hall–Kier alpha value is -2.12. The summed E-state index contributed by atoms with van der Waals surface area (Å²) in [6, 6.07) is 9.57. The van der Waals surface area contributed by atoms with Crippen LogP contribution >= 0.6 is 0 Å². The summed E-state index contributed by atoms with van der Waals surface area (Å²) < 4.78 is 1.86. The van der Waals surface area contributed by atoms with E-state index in [1.54, 1.807) is 18.6 Å². The average molecular weight is 226 g/mol. The molecular formula is C13H14N4. The van der Waals surface area contributed by atoms with E-state index in [9.17, 15) is 0 Å². The predicted octanol–water partition coefficient (Wildman–Crippen LogP) is 1.94. The molecule has 4 heteroatoms. The van der Waals surface area contributed by atoms with Crippen LogP contribution < -0.4 is 5.73 Å². The van der Waals surface area contributed by atoms with Crippen LogP contribution in [0.1, 0.15) is 25.1 Å². The summed E-state index contributed by atoms with van der Waals surface area (Å²) in [5.74, 6) is 0. The van der Waals surface area contributed by atoms with Gasteiger partial charge in [0.15, 0.2) is 0 Å². The van der Waals surface area contributed by atoms with Crippen LogP contribution in [0.25, 0.3) is 5.69 Å². The lowest BCUT2D eigenvalue weighted by Crippen LogP contribution is -2.31. The Morgan fingerprint density at radius 1 is 1.35 bits per heavy atom. The number of nitrogens with zero attached hydrogens (tertiary/aromatic N) is 3. The van der Waals surface area contributed by atoms with Crippen molar-refractivity contribution in [2.24, 2.45) is 5.73 Å². The average Bonchev–Trinajstić information content (AvgIpc) is 2.77. The minimum atomic E-state index is -0.501. The highest BCUT2D eigenvalue weighted by atomic mass is 15.1. The van der Waals surface area contributed by atoms with Gasteiger partial charge in [-0.25, -0.2) is 4.98 Å². The standard InChI is InChI=1S/C13H14N4/c1-13(2,15)12-8-16-9-17(12)11-6-4-3-5-10(11)7-14/h3-6,8-9H,15H2,1-2H3. The largest absolute Gasteiger partial charge is 0.321 e. The maximum Gasteiger partial charge on any atom is 0.101 e. The summed E-state index contributed by atoms with van der Waals surface area (Å²) in [6.45, 7) is 3.82. The Morgan fingerprint density at radius 3 is 2.71 bits per heavy atom. The molecule has 2 rings (SSSR count). The second-order valence-corrected chi connectivity index (χ2v) is 4.50. The number of aromatic nitrogens is 2. The van der Waals surface area contributed by atoms with Crippen LogP contribution in [0.3, 0.4) is 0 Å². The molecule has 0 bridgehead atoms. The van der Waals surface area contributed by atoms with Gasteiger partial charge in [0.05, 0.1) is 35.0 Å². The third-order valence-corrected chi connectivity index (χ3v) is 2.58. The molecule has 4 nitrogen and oxygen atoms in total. The van der Waals surface area contributed by atoms with Crippen molar-refractivity contribution in [2.75, 3.05) is 0 Å². The first-order chi connectivity index (χ1) is 8.04. The number of hydrogen-bond donors (Lipinski definition) is 1. The number of hydrogen-bond acceptors (Lipinski definition) is 3. The molecule has 0 atom stereocenters. The number of nitrogens with two attached hydrogens (primary N) is 1. The van der Waals surface area contributed by atoms with E-state index in [1.165, 1.54) is 0 Å². The van der Waals surface area contributed by atoms with Gasteiger partial charge in [0.2, 0.25) is 0 Å². The van der Waals surface area contributed by atoms with Crippen LogP contribution in [0.2, 0.25) is 0 Å². The van der Waals surface area contributed by atoms with E-state index in [-0.39, 0.29) is 0 Å². The first-order valence-electron chi connectivity index (χ1n) is 5.35. The molecule has 0 radical (unpaired) electrons. The first kappa shape index (κ1) is 11.4. The second kappa shape index (κ2) is 4.04. The van der Waals surface area contributed by atoms with Crippen LogP contribution in [0.4, 0.5) is 0 Å². The highest BCUT2D eigenvalue weighted by Crippen LogP contribution is 2.22. The smallest absolute Gasteiger partial charge is 0.101 e. The Morgan fingerprint density at radius 2 is 2.06 bits per heavy atom. The molecule has 0 spiro atoms. The molecule has 1 aromatic carbocycles. The van der Waals surface area contributed by atoms with Crippen LogP contribution in [-0.4, -0.2) is 9.55 Å². The molecule has 0 saturated carbocycles. The van der Waals surface area contributed by atoms with Crippen molar-refractivity contribution in [3.63, 3.8) is 0 Å². The Kier molecular flexibility index (Phi) is 2.70. The number of rotatable bonds is 2. The Labute approximate surface area is 100 Å². The molecule has 0 aliphatic heterocycles. The van der Waals surface area contributed by atoms with Gasteiger partial charge in [-0.3, -0.25) is 0 Å². The SMILES string of the molecule is CC(C)(N)c1cncn1-c1ccccc1C#N. The third kappa shape index (κ3) is 2.05. The van der Waals surface area contributed by atoms with Crippen molar-refractivity contribution in [1.82, 2.24) is 9.55 Å². The highest BCUT2D eigenvalue weighted by Gasteiger charge is 2.20. The van der Waals surface area contributed by atoms with Gasteiger partial charge >= 0.3 is 0 Å². The molecule has 0 unspecified atom stereocenters. The minimum absolute atomic E-state index is 0.501. The lowest BCUT2D eigenvalue weighted by atomic mass is 10.0. The topological polar surface area (TPSA) is 67.6 Å². The third-order valence-electron chi connectivity index (χ3n) is 2.58. The fourth-order valence-corrected chi connectivity index (χ4v) is 1.74. The quantitative estimate of drug-likeness (QED) is 0.850. The fourth-order valence-electron chi connectivity index (χ4n) is 1.74. The van der Waals surface area contributed by atoms with E-state index in [2.05, 4.69) is 11.1 Å². The first-order valence-corrected chi connectivity index (χ1v) is 5.35. The van der Waals surface area contributed by atoms with Crippen molar-refractivity contribution in [2.45, 2.75) is 19.4 Å². The zero-order chi connectivity index (χ0) is 12.5. The minimum Gasteiger partial charge on any atom is -0.321 e. The van der Waals surface area contributed by atoms with Gasteiger partial charge in [-0.2, -0.15) is 5.26 Å². The lowest BCUT2D eigenvalue weighted by Gasteiger charge is -2.21. The van der Waals surface area contributed by atoms with Crippen molar-refractivity contribution >= 4 is 0 Å². The highest BCUT2D eigenvalue weighted by molar-refractivity contribution is 5.49. The molecule has 1 heterocycles. The van der Waals surface area contributed by atoms with Gasteiger partial charge < -0.3 is 10.3 Å². The Balaban J connectivity index is 2.63. The number of para-hydroxylation sites is 1. The van der Waals surface area contributed by atoms with Crippen LogP contribution in [0.5, 0.6) is 0 Å². The molecule has 0 saturated heterocycles. The molecule has 2 aromatic rings. The summed E-state index contributed by atoms with van der Waals surface area (Å²) in [5, 5.41) is 9.10. The van der Waals surface area contributed by atoms with E-state index < -0.39 is 5.54 Å². The summed E-state index contributed by atoms with van der Waals surface area (Å²) in [5.41, 5.74) is 7.88. The summed E-state index contributed by atoms with van der Waals surface area (Å²) >= 11 is 0. The maximum absolute atomic E-state index is 9.10. The molecule has 0 aliphatic carbocycles. The molecule has 2 N–H and O–H groups in total. The van der Waals surface area contributed by atoms with E-state index in [4.69, 9.17) is 11.0 Å². The molecule has 1 aromatic heterocycles. The molecule has 86 valence electrons. The van der Waals surface area contributed by atoms with Gasteiger partial charge in [-0.05, 0) is 26.0 Å². The van der Waals surface area contributed by atoms with Gasteiger partial charge in [0.1, 0.15) is 6.07 Å². The van der Waals surface area contributed by atoms with E-state index in [0.717, 1.165) is 11.4 Å². The van der Waals surface area contributed by atoms with Crippen molar-refractivity contribution in [3.8, 4) is 11.8 Å². The predicted molar refractivity (Wildman–Crippen MR) is 65.5 cm³/mol. The van der Waals surface area contributed by atoms with E-state index in [0.29, 0.717) is 5.56 Å². The number of nitriles is 1. The monoisotopic (exact) mass is 226 g/mol. The van der Waals surface area contributed by atoms with Crippen LogP contribution in [0, 0.1) is 11.3 Å². The number of imidazole rings is 1. The van der Waals surface area contributed by atoms with Crippen molar-refractivity contribution < 1.29 is 0 Å². The zero-order valence-electron chi connectivity index (χ0n) is 9.88. The van der Waals surface area contributed by atoms with E-state index >= 15 is 0 Å². The van der Waals surface area contributed by atoms with Crippen molar-refractivity contribution in [3.05, 3.63) is 48.0 Å². The molecule has 0 aliphatic rings. The van der Waals surface area contributed by atoms with Gasteiger partial charge in [0.25, 0.3) is 0 Å². The maximum atomic E-state index is 9.10. The molecular weight excluding hydrogens is 212 g/mol. The summed E-state index contributed by atoms with van der Waals surface area (Å²) in [7, 11) is 0.